The molecule has 0 aromatic heterocycles. The smallest absolute Gasteiger partial charge is 0.117 e. The Morgan fingerprint density at radius 1 is 1.31 bits per heavy atom. The monoisotopic (exact) mass is 187 g/mol. The van der Waals surface area contributed by atoms with Gasteiger partial charge in [-0.05, 0) is 12.8 Å². The van der Waals surface area contributed by atoms with Crippen LogP contribution >= 0.6 is 0 Å². The summed E-state index contributed by atoms with van der Waals surface area (Å²) in [4.78, 5) is 0. The number of hydrogen-bond acceptors (Lipinski definition) is 2. The summed E-state index contributed by atoms with van der Waals surface area (Å²) < 4.78 is 5.80. The Hall–Kier alpha value is -0.120. The number of rotatable bonds is 4. The molecule has 3 nitrogen and oxygen atoms in total. The first-order valence-electron chi connectivity index (χ1n) is 5.38. The van der Waals surface area contributed by atoms with Gasteiger partial charge in [0.1, 0.15) is 18.7 Å². The average Bonchev–Trinajstić information content (AvgIpc) is 2.04. The second kappa shape index (κ2) is 4.94. The summed E-state index contributed by atoms with van der Waals surface area (Å²) in [6.07, 6.45) is 4.28. The first-order valence-corrected chi connectivity index (χ1v) is 5.38. The van der Waals surface area contributed by atoms with E-state index in [1.807, 2.05) is 0 Å². The van der Waals surface area contributed by atoms with Gasteiger partial charge in [0.2, 0.25) is 0 Å². The van der Waals surface area contributed by atoms with Gasteiger partial charge >= 0.3 is 0 Å². The molecule has 0 bridgehead atoms. The first-order chi connectivity index (χ1) is 6.22. The van der Waals surface area contributed by atoms with Crippen LogP contribution < -0.4 is 5.06 Å². The quantitative estimate of drug-likeness (QED) is 0.659. The van der Waals surface area contributed by atoms with Gasteiger partial charge in [0.15, 0.2) is 0 Å². The zero-order chi connectivity index (χ0) is 9.73. The van der Waals surface area contributed by atoms with Gasteiger partial charge in [0, 0.05) is 0 Å². The van der Waals surface area contributed by atoms with E-state index in [9.17, 15) is 5.21 Å². The zero-order valence-corrected chi connectivity index (χ0v) is 8.77. The molecule has 0 aromatic carbocycles. The molecule has 3 heteroatoms. The van der Waals surface area contributed by atoms with Crippen LogP contribution in [0.4, 0.5) is 0 Å². The van der Waals surface area contributed by atoms with E-state index in [0.717, 1.165) is 25.7 Å². The minimum absolute atomic E-state index is 0.0984. The second-order valence-electron chi connectivity index (χ2n) is 4.00. The van der Waals surface area contributed by atoms with Gasteiger partial charge < -0.3 is 15.0 Å². The van der Waals surface area contributed by atoms with Gasteiger partial charge in [0.05, 0.1) is 6.61 Å². The van der Waals surface area contributed by atoms with E-state index in [-0.39, 0.29) is 5.60 Å². The van der Waals surface area contributed by atoms with Crippen LogP contribution in [-0.2, 0) is 4.74 Å². The van der Waals surface area contributed by atoms with Crippen molar-refractivity contribution in [3.05, 3.63) is 5.21 Å². The summed E-state index contributed by atoms with van der Waals surface area (Å²) in [5.74, 6) is 0. The van der Waals surface area contributed by atoms with Gasteiger partial charge in [0.25, 0.3) is 0 Å². The largest absolute Gasteiger partial charge is 0.634 e. The third kappa shape index (κ3) is 2.93. The third-order valence-electron chi connectivity index (χ3n) is 2.72. The van der Waals surface area contributed by atoms with E-state index >= 15 is 0 Å². The zero-order valence-electron chi connectivity index (χ0n) is 8.77. The highest BCUT2D eigenvalue weighted by Crippen LogP contribution is 2.23. The van der Waals surface area contributed by atoms with E-state index in [0.29, 0.717) is 24.8 Å². The van der Waals surface area contributed by atoms with Crippen molar-refractivity contribution in [3.8, 4) is 0 Å². The fourth-order valence-electron chi connectivity index (χ4n) is 2.24. The van der Waals surface area contributed by atoms with Crippen molar-refractivity contribution >= 4 is 0 Å². The van der Waals surface area contributed by atoms with Crippen molar-refractivity contribution in [2.75, 3.05) is 19.7 Å². The molecule has 1 heterocycles. The van der Waals surface area contributed by atoms with Crippen LogP contribution in [0.5, 0.6) is 0 Å². The molecule has 1 unspecified atom stereocenters. The second-order valence-corrected chi connectivity index (χ2v) is 4.00. The normalized spacial score (nSPS) is 27.5. The van der Waals surface area contributed by atoms with Crippen LogP contribution in [0.15, 0.2) is 0 Å². The number of quaternary nitrogens is 1. The van der Waals surface area contributed by atoms with Gasteiger partial charge in [-0.25, -0.2) is 0 Å². The minimum Gasteiger partial charge on any atom is -0.634 e. The van der Waals surface area contributed by atoms with Gasteiger partial charge in [-0.15, -0.1) is 0 Å². The van der Waals surface area contributed by atoms with Crippen molar-refractivity contribution in [3.63, 3.8) is 0 Å². The SMILES string of the molecule is CCCC1(CCC)C[NH+]([O-])CCO1. The van der Waals surface area contributed by atoms with Crippen LogP contribution in [-0.4, -0.2) is 25.3 Å². The lowest BCUT2D eigenvalue weighted by Gasteiger charge is -2.42. The Morgan fingerprint density at radius 3 is 2.38 bits per heavy atom. The number of ether oxygens (including phenoxy) is 1. The predicted octanol–water partition coefficient (Wildman–Crippen LogP) is 0.738. The summed E-state index contributed by atoms with van der Waals surface area (Å²) in [7, 11) is 0. The highest BCUT2D eigenvalue weighted by Gasteiger charge is 2.35. The van der Waals surface area contributed by atoms with Crippen LogP contribution in [0.1, 0.15) is 39.5 Å². The number of hydrogen-bond donors (Lipinski definition) is 1. The Morgan fingerprint density at radius 2 is 1.92 bits per heavy atom. The molecule has 1 fully saturated rings. The van der Waals surface area contributed by atoms with Crippen molar-refractivity contribution in [1.82, 2.24) is 0 Å². The molecule has 0 spiro atoms. The van der Waals surface area contributed by atoms with Crippen LogP contribution in [0, 0.1) is 5.21 Å². The summed E-state index contributed by atoms with van der Waals surface area (Å²) in [6.45, 7) is 6.21. The number of hydroxylamine groups is 2. The Balaban J connectivity index is 2.53. The molecule has 1 rings (SSSR count). The van der Waals surface area contributed by atoms with E-state index < -0.39 is 0 Å². The Bertz CT molecular complexity index is 138. The molecule has 1 saturated heterocycles. The molecule has 1 atom stereocenters. The standard InChI is InChI=1S/C10H21NO2/c1-3-5-10(6-4-2)9-11(12)7-8-13-10/h11H,3-9H2,1-2H3. The lowest BCUT2D eigenvalue weighted by atomic mass is 9.91. The predicted molar refractivity (Wildman–Crippen MR) is 52.6 cm³/mol. The summed E-state index contributed by atoms with van der Waals surface area (Å²) in [5.41, 5.74) is -0.0984. The number of nitrogens with one attached hydrogen (secondary N) is 1. The molecule has 0 saturated carbocycles. The molecule has 0 radical (unpaired) electrons. The molecular formula is C10H21NO2. The van der Waals surface area contributed by atoms with E-state index in [4.69, 9.17) is 4.74 Å². The highest BCUT2D eigenvalue weighted by atomic mass is 16.5. The average molecular weight is 187 g/mol. The van der Waals surface area contributed by atoms with E-state index in [2.05, 4.69) is 13.8 Å². The maximum atomic E-state index is 11.3. The van der Waals surface area contributed by atoms with Crippen LogP contribution in [0.2, 0.25) is 0 Å². The maximum Gasteiger partial charge on any atom is 0.117 e. The molecule has 0 amide bonds. The number of morpholine rings is 1. The fourth-order valence-corrected chi connectivity index (χ4v) is 2.24. The van der Waals surface area contributed by atoms with Gasteiger partial charge in [-0.1, -0.05) is 26.7 Å². The Labute approximate surface area is 80.6 Å². The minimum atomic E-state index is -0.0984. The Kier molecular flexibility index (Phi) is 4.16. The van der Waals surface area contributed by atoms with Crippen molar-refractivity contribution in [2.24, 2.45) is 0 Å². The molecule has 0 aliphatic carbocycles. The van der Waals surface area contributed by atoms with E-state index in [1.165, 1.54) is 0 Å². The molecule has 1 aliphatic heterocycles. The maximum absolute atomic E-state index is 11.3. The summed E-state index contributed by atoms with van der Waals surface area (Å²) in [6, 6.07) is 0. The van der Waals surface area contributed by atoms with Gasteiger partial charge in [-0.2, -0.15) is 0 Å². The lowest BCUT2D eigenvalue weighted by Crippen LogP contribution is -3.11. The summed E-state index contributed by atoms with van der Waals surface area (Å²) in [5, 5.41) is 11.7. The highest BCUT2D eigenvalue weighted by molar-refractivity contribution is 4.81. The molecule has 78 valence electrons. The van der Waals surface area contributed by atoms with Crippen molar-refractivity contribution in [2.45, 2.75) is 45.1 Å². The summed E-state index contributed by atoms with van der Waals surface area (Å²) >= 11 is 0. The molecule has 0 aromatic rings. The lowest BCUT2D eigenvalue weighted by molar-refractivity contribution is -0.867. The first kappa shape index (κ1) is 11.0. The van der Waals surface area contributed by atoms with Crippen LogP contribution in [0.25, 0.3) is 0 Å². The molecule has 1 aliphatic rings. The van der Waals surface area contributed by atoms with Crippen LogP contribution in [0.3, 0.4) is 0 Å². The van der Waals surface area contributed by atoms with Gasteiger partial charge in [-0.3, -0.25) is 0 Å². The molecule has 1 N–H and O–H groups in total. The van der Waals surface area contributed by atoms with Crippen molar-refractivity contribution in [1.29, 1.82) is 0 Å². The topological polar surface area (TPSA) is 36.7 Å². The molecular weight excluding hydrogens is 166 g/mol. The van der Waals surface area contributed by atoms with Crippen molar-refractivity contribution < 1.29 is 9.80 Å². The van der Waals surface area contributed by atoms with E-state index in [1.54, 1.807) is 0 Å². The third-order valence-corrected chi connectivity index (χ3v) is 2.72. The fraction of sp³-hybridized carbons (Fsp3) is 1.00. The molecule has 13 heavy (non-hydrogen) atoms.